The van der Waals surface area contributed by atoms with Crippen molar-refractivity contribution in [1.29, 1.82) is 0 Å². The minimum Gasteiger partial charge on any atom is -0.339 e. The van der Waals surface area contributed by atoms with Gasteiger partial charge in [-0.25, -0.2) is 0 Å². The number of nitrogens with zero attached hydrogens (tertiary/aromatic N) is 2. The monoisotopic (exact) mass is 353 g/mol. The number of aryl methyl sites for hydroxylation is 1. The molecule has 3 heterocycles. The number of nitrogens with one attached hydrogen (secondary N) is 3. The lowest BCUT2D eigenvalue weighted by Crippen LogP contribution is -2.30. The molecular weight excluding hydrogens is 330 g/mol. The van der Waals surface area contributed by atoms with Crippen molar-refractivity contribution >= 4 is 17.5 Å². The smallest absolute Gasteiger partial charge is 0.276 e. The van der Waals surface area contributed by atoms with Crippen LogP contribution in [-0.2, 0) is 13.0 Å². The molecule has 136 valence electrons. The summed E-state index contributed by atoms with van der Waals surface area (Å²) < 4.78 is 0. The Kier molecular flexibility index (Phi) is 4.46. The Balaban J connectivity index is 1.62. The molecule has 3 N–H and O–H groups in total. The maximum atomic E-state index is 12.9. The summed E-state index contributed by atoms with van der Waals surface area (Å²) in [5.74, 6) is -0.297. The fourth-order valence-electron chi connectivity index (χ4n) is 3.73. The van der Waals surface area contributed by atoms with Crippen LogP contribution in [0.2, 0.25) is 0 Å². The predicted molar refractivity (Wildman–Crippen MR) is 98.3 cm³/mol. The van der Waals surface area contributed by atoms with Crippen molar-refractivity contribution in [2.45, 2.75) is 32.7 Å². The highest BCUT2D eigenvalue weighted by Crippen LogP contribution is 2.25. The van der Waals surface area contributed by atoms with Crippen LogP contribution in [-0.4, -0.2) is 46.5 Å². The number of hydrogen-bond donors (Lipinski definition) is 3. The molecule has 2 aromatic rings. The van der Waals surface area contributed by atoms with E-state index in [0.717, 1.165) is 55.7 Å². The summed E-state index contributed by atoms with van der Waals surface area (Å²) in [6.07, 6.45) is 2.90. The van der Waals surface area contributed by atoms with Gasteiger partial charge in [0.1, 0.15) is 0 Å². The first-order valence-electron chi connectivity index (χ1n) is 9.12. The topological polar surface area (TPSA) is 90.1 Å². The molecule has 2 aliphatic rings. The van der Waals surface area contributed by atoms with E-state index in [9.17, 15) is 9.59 Å². The number of fused-ring (bicyclic) bond motifs is 1. The molecule has 1 aromatic carbocycles. The van der Waals surface area contributed by atoms with E-state index in [1.807, 2.05) is 24.0 Å². The maximum Gasteiger partial charge on any atom is 0.276 e. The molecule has 7 nitrogen and oxygen atoms in total. The van der Waals surface area contributed by atoms with Gasteiger partial charge in [-0.3, -0.25) is 14.7 Å². The van der Waals surface area contributed by atoms with Crippen molar-refractivity contribution in [3.8, 4) is 0 Å². The molecule has 26 heavy (non-hydrogen) atoms. The molecule has 1 saturated heterocycles. The summed E-state index contributed by atoms with van der Waals surface area (Å²) in [5.41, 5.74) is 4.30. The molecule has 1 fully saturated rings. The first kappa shape index (κ1) is 16.8. The van der Waals surface area contributed by atoms with Gasteiger partial charge in [0.25, 0.3) is 11.8 Å². The summed E-state index contributed by atoms with van der Waals surface area (Å²) in [6, 6.07) is 5.54. The third-order valence-electron chi connectivity index (χ3n) is 5.15. The fourth-order valence-corrected chi connectivity index (χ4v) is 3.73. The maximum absolute atomic E-state index is 12.9. The fraction of sp³-hybridized carbons (Fsp3) is 0.421. The number of anilines is 1. The molecule has 4 rings (SSSR count). The first-order valence-corrected chi connectivity index (χ1v) is 9.12. The lowest BCUT2D eigenvalue weighted by molar-refractivity contribution is 0.0793. The third-order valence-corrected chi connectivity index (χ3v) is 5.15. The second-order valence-corrected chi connectivity index (χ2v) is 6.91. The zero-order chi connectivity index (χ0) is 18.1. The number of likely N-dealkylation sites (tertiary alicyclic amines) is 1. The van der Waals surface area contributed by atoms with E-state index >= 15 is 0 Å². The number of aromatic nitrogens is 2. The molecule has 7 heteroatoms. The van der Waals surface area contributed by atoms with E-state index in [-0.39, 0.29) is 11.8 Å². The first-order chi connectivity index (χ1) is 12.6. The number of amides is 2. The largest absolute Gasteiger partial charge is 0.339 e. The Bertz CT molecular complexity index is 852. The number of carbonyl (C=O) groups is 2. The van der Waals surface area contributed by atoms with Crippen LogP contribution in [0.15, 0.2) is 18.2 Å². The van der Waals surface area contributed by atoms with Gasteiger partial charge in [0.2, 0.25) is 0 Å². The van der Waals surface area contributed by atoms with Crippen LogP contribution in [0.1, 0.15) is 50.5 Å². The highest BCUT2D eigenvalue weighted by molar-refractivity contribution is 6.09. The van der Waals surface area contributed by atoms with Gasteiger partial charge in [-0.15, -0.1) is 0 Å². The lowest BCUT2D eigenvalue weighted by atomic mass is 10.0. The summed E-state index contributed by atoms with van der Waals surface area (Å²) in [5, 5.41) is 13.3. The van der Waals surface area contributed by atoms with E-state index in [2.05, 4.69) is 20.8 Å². The standard InChI is InChI=1S/C19H23N5O2/c1-12-5-4-6-15(16(12)19(26)24-9-2-3-10-24)21-18(25)17-13-11-20-8-7-14(13)22-23-17/h4-6,20H,2-3,7-11H2,1H3,(H,21,25)(H,22,23). The van der Waals surface area contributed by atoms with Gasteiger partial charge in [0.05, 0.1) is 11.3 Å². The van der Waals surface area contributed by atoms with Crippen molar-refractivity contribution in [3.63, 3.8) is 0 Å². The van der Waals surface area contributed by atoms with Crippen molar-refractivity contribution in [2.24, 2.45) is 0 Å². The van der Waals surface area contributed by atoms with E-state index in [1.54, 1.807) is 6.07 Å². The van der Waals surface area contributed by atoms with Crippen LogP contribution >= 0.6 is 0 Å². The number of carbonyl (C=O) groups excluding carboxylic acids is 2. The Morgan fingerprint density at radius 3 is 2.85 bits per heavy atom. The van der Waals surface area contributed by atoms with E-state index in [0.29, 0.717) is 23.5 Å². The van der Waals surface area contributed by atoms with E-state index < -0.39 is 0 Å². The molecule has 1 aromatic heterocycles. The number of rotatable bonds is 3. The van der Waals surface area contributed by atoms with Gasteiger partial charge in [0.15, 0.2) is 5.69 Å². The Hall–Kier alpha value is -2.67. The number of aromatic amines is 1. The Morgan fingerprint density at radius 1 is 1.23 bits per heavy atom. The van der Waals surface area contributed by atoms with Gasteiger partial charge in [-0.1, -0.05) is 12.1 Å². The van der Waals surface area contributed by atoms with Gasteiger partial charge in [-0.2, -0.15) is 5.10 Å². The average molecular weight is 353 g/mol. The molecule has 0 bridgehead atoms. The second kappa shape index (κ2) is 6.92. The molecule has 0 saturated carbocycles. The van der Waals surface area contributed by atoms with Crippen molar-refractivity contribution < 1.29 is 9.59 Å². The highest BCUT2D eigenvalue weighted by Gasteiger charge is 2.26. The van der Waals surface area contributed by atoms with Gasteiger partial charge >= 0.3 is 0 Å². The quantitative estimate of drug-likeness (QED) is 0.785. The molecule has 2 amide bonds. The van der Waals surface area contributed by atoms with Crippen LogP contribution in [0.3, 0.4) is 0 Å². The third kappa shape index (κ3) is 2.99. The number of H-pyrrole nitrogens is 1. The molecule has 0 atom stereocenters. The van der Waals surface area contributed by atoms with Crippen molar-refractivity contribution in [2.75, 3.05) is 25.0 Å². The zero-order valence-corrected chi connectivity index (χ0v) is 14.9. The minimum absolute atomic E-state index is 0.0124. The summed E-state index contributed by atoms with van der Waals surface area (Å²) in [6.45, 7) is 4.96. The molecule has 0 radical (unpaired) electrons. The van der Waals surface area contributed by atoms with E-state index in [4.69, 9.17) is 0 Å². The predicted octanol–water partition coefficient (Wildman–Crippen LogP) is 1.85. The molecule has 0 aliphatic carbocycles. The van der Waals surface area contributed by atoms with Crippen LogP contribution in [0, 0.1) is 6.92 Å². The summed E-state index contributed by atoms with van der Waals surface area (Å²) >= 11 is 0. The van der Waals surface area contributed by atoms with Crippen molar-refractivity contribution in [1.82, 2.24) is 20.4 Å². The van der Waals surface area contributed by atoms with Crippen LogP contribution < -0.4 is 10.6 Å². The SMILES string of the molecule is Cc1cccc(NC(=O)c2n[nH]c3c2CNCC3)c1C(=O)N1CCCC1. The van der Waals surface area contributed by atoms with Crippen LogP contribution in [0.25, 0.3) is 0 Å². The van der Waals surface area contributed by atoms with Gasteiger partial charge < -0.3 is 15.5 Å². The molecular formula is C19H23N5O2. The number of benzene rings is 1. The molecule has 0 unspecified atom stereocenters. The van der Waals surface area contributed by atoms with E-state index in [1.165, 1.54) is 0 Å². The Labute approximate surface area is 152 Å². The summed E-state index contributed by atoms with van der Waals surface area (Å²) in [4.78, 5) is 27.6. The van der Waals surface area contributed by atoms with Crippen LogP contribution in [0.4, 0.5) is 5.69 Å². The lowest BCUT2D eigenvalue weighted by Gasteiger charge is -2.20. The minimum atomic E-state index is -0.285. The summed E-state index contributed by atoms with van der Waals surface area (Å²) in [7, 11) is 0. The zero-order valence-electron chi connectivity index (χ0n) is 14.9. The van der Waals surface area contributed by atoms with Gasteiger partial charge in [-0.05, 0) is 31.4 Å². The van der Waals surface area contributed by atoms with Crippen LogP contribution in [0.5, 0.6) is 0 Å². The van der Waals surface area contributed by atoms with Crippen molar-refractivity contribution in [3.05, 3.63) is 46.3 Å². The Morgan fingerprint density at radius 2 is 2.04 bits per heavy atom. The normalized spacial score (nSPS) is 16.4. The highest BCUT2D eigenvalue weighted by atomic mass is 16.2. The number of hydrogen-bond acceptors (Lipinski definition) is 4. The van der Waals surface area contributed by atoms with Gasteiger partial charge in [0, 0.05) is 43.9 Å². The average Bonchev–Trinajstić information content (AvgIpc) is 3.31. The molecule has 2 aliphatic heterocycles. The molecule has 0 spiro atoms. The second-order valence-electron chi connectivity index (χ2n) is 6.91.